The third-order valence-electron chi connectivity index (χ3n) is 4.86. The van der Waals surface area contributed by atoms with E-state index < -0.39 is 36.2 Å². The lowest BCUT2D eigenvalue weighted by Gasteiger charge is -2.38. The van der Waals surface area contributed by atoms with E-state index in [4.69, 9.17) is 25.8 Å². The molecule has 1 heterocycles. The molecule has 148 valence electrons. The molecule has 1 saturated heterocycles. The molecule has 2 aromatic carbocycles. The van der Waals surface area contributed by atoms with Gasteiger partial charge in [-0.3, -0.25) is 4.79 Å². The molecule has 1 aliphatic rings. The van der Waals surface area contributed by atoms with Gasteiger partial charge in [-0.2, -0.15) is 0 Å². The van der Waals surface area contributed by atoms with Gasteiger partial charge in [0, 0.05) is 22.4 Å². The zero-order valence-electron chi connectivity index (χ0n) is 15.3. The second kappa shape index (κ2) is 9.19. The minimum absolute atomic E-state index is 0.0262. The summed E-state index contributed by atoms with van der Waals surface area (Å²) in [5.74, 6) is -2.54. The summed E-state index contributed by atoms with van der Waals surface area (Å²) in [6.45, 7) is 0.101. The maximum atomic E-state index is 12.0. The second-order valence-corrected chi connectivity index (χ2v) is 6.95. The number of ether oxygens (including phenoxy) is 3. The van der Waals surface area contributed by atoms with Crippen molar-refractivity contribution in [2.24, 2.45) is 5.92 Å². The van der Waals surface area contributed by atoms with Gasteiger partial charge < -0.3 is 19.3 Å². The van der Waals surface area contributed by atoms with E-state index in [1.807, 2.05) is 30.3 Å². The van der Waals surface area contributed by atoms with Crippen LogP contribution in [0.1, 0.15) is 29.8 Å². The molecule has 1 N–H and O–H groups in total. The number of carboxylic acid groups (broad SMARTS) is 1. The van der Waals surface area contributed by atoms with Crippen LogP contribution in [0.3, 0.4) is 0 Å². The van der Waals surface area contributed by atoms with E-state index in [1.165, 1.54) is 7.11 Å². The van der Waals surface area contributed by atoms with Crippen LogP contribution in [0.25, 0.3) is 0 Å². The Bertz CT molecular complexity index is 825. The lowest BCUT2D eigenvalue weighted by molar-refractivity contribution is -0.247. The number of methoxy groups -OCH3 is 1. The summed E-state index contributed by atoms with van der Waals surface area (Å²) in [7, 11) is 1.31. The number of carbonyl (C=O) groups excluding carboxylic acids is 1. The Balaban J connectivity index is 1.89. The summed E-state index contributed by atoms with van der Waals surface area (Å²) < 4.78 is 16.4. The molecule has 0 aliphatic carbocycles. The van der Waals surface area contributed by atoms with Crippen LogP contribution in [-0.4, -0.2) is 36.9 Å². The Morgan fingerprint density at radius 2 is 1.86 bits per heavy atom. The average molecular weight is 405 g/mol. The van der Waals surface area contributed by atoms with Crippen LogP contribution in [0.15, 0.2) is 54.6 Å². The fourth-order valence-electron chi connectivity index (χ4n) is 3.44. The standard InChI is InChI=1S/C21H21ClO6/c1-26-18(23)11-15(13-7-3-2-4-8-13)16-12-27-21(28-19(16)20(24)25)14-9-5-6-10-17(14)22/h2-10,15-16,19,21H,11-12H2,1H3,(H,24,25). The molecule has 28 heavy (non-hydrogen) atoms. The van der Waals surface area contributed by atoms with Crippen molar-refractivity contribution >= 4 is 23.5 Å². The van der Waals surface area contributed by atoms with Gasteiger partial charge in [-0.1, -0.05) is 60.1 Å². The van der Waals surface area contributed by atoms with Crippen LogP contribution < -0.4 is 0 Å². The third kappa shape index (κ3) is 4.52. The maximum Gasteiger partial charge on any atom is 0.333 e. The van der Waals surface area contributed by atoms with Crippen LogP contribution >= 0.6 is 11.6 Å². The Morgan fingerprint density at radius 3 is 2.50 bits per heavy atom. The first kappa shape index (κ1) is 20.3. The van der Waals surface area contributed by atoms with Crippen molar-refractivity contribution in [1.29, 1.82) is 0 Å². The Morgan fingerprint density at radius 1 is 1.18 bits per heavy atom. The monoisotopic (exact) mass is 404 g/mol. The molecular weight excluding hydrogens is 384 g/mol. The van der Waals surface area contributed by atoms with Gasteiger partial charge in [0.2, 0.25) is 0 Å². The molecule has 0 bridgehead atoms. The summed E-state index contributed by atoms with van der Waals surface area (Å²) in [6.07, 6.45) is -2.02. The van der Waals surface area contributed by atoms with Crippen LogP contribution in [0.4, 0.5) is 0 Å². The fraction of sp³-hybridized carbons (Fsp3) is 0.333. The summed E-state index contributed by atoms with van der Waals surface area (Å²) in [5, 5.41) is 10.2. The number of aliphatic carboxylic acids is 1. The van der Waals surface area contributed by atoms with Gasteiger partial charge in [0.1, 0.15) is 0 Å². The number of benzene rings is 2. The molecule has 2 aromatic rings. The lowest BCUT2D eigenvalue weighted by Crippen LogP contribution is -2.44. The van der Waals surface area contributed by atoms with Crippen LogP contribution in [0.2, 0.25) is 5.02 Å². The predicted octanol–water partition coefficient (Wildman–Crippen LogP) is 3.80. The molecule has 1 aliphatic heterocycles. The molecule has 6 nitrogen and oxygen atoms in total. The van der Waals surface area contributed by atoms with Crippen molar-refractivity contribution in [2.45, 2.75) is 24.7 Å². The Kier molecular flexibility index (Phi) is 6.67. The van der Waals surface area contributed by atoms with E-state index in [1.54, 1.807) is 24.3 Å². The average Bonchev–Trinajstić information content (AvgIpc) is 2.72. The minimum Gasteiger partial charge on any atom is -0.479 e. The van der Waals surface area contributed by atoms with Crippen molar-refractivity contribution < 1.29 is 28.9 Å². The summed E-state index contributed by atoms with van der Waals surface area (Å²) in [5.41, 5.74) is 1.39. The normalized spacial score (nSPS) is 23.0. The van der Waals surface area contributed by atoms with Gasteiger partial charge >= 0.3 is 11.9 Å². The SMILES string of the molecule is COC(=O)CC(c1ccccc1)C1COC(c2ccccc2Cl)OC1C(=O)O. The largest absolute Gasteiger partial charge is 0.479 e. The van der Waals surface area contributed by atoms with E-state index in [-0.39, 0.29) is 13.0 Å². The van der Waals surface area contributed by atoms with E-state index in [0.29, 0.717) is 10.6 Å². The summed E-state index contributed by atoms with van der Waals surface area (Å²) in [6, 6.07) is 16.2. The highest BCUT2D eigenvalue weighted by atomic mass is 35.5. The summed E-state index contributed by atoms with van der Waals surface area (Å²) in [4.78, 5) is 24.0. The molecule has 4 atom stereocenters. The molecule has 3 rings (SSSR count). The van der Waals surface area contributed by atoms with Gasteiger partial charge in [-0.25, -0.2) is 4.79 Å². The van der Waals surface area contributed by atoms with Gasteiger partial charge in [0.05, 0.1) is 20.1 Å². The van der Waals surface area contributed by atoms with Crippen LogP contribution in [-0.2, 0) is 23.8 Å². The van der Waals surface area contributed by atoms with Crippen LogP contribution in [0, 0.1) is 5.92 Å². The number of hydrogen-bond donors (Lipinski definition) is 1. The lowest BCUT2D eigenvalue weighted by atomic mass is 9.80. The van der Waals surface area contributed by atoms with Crippen molar-refractivity contribution in [1.82, 2.24) is 0 Å². The first-order chi connectivity index (χ1) is 13.5. The highest BCUT2D eigenvalue weighted by Crippen LogP contribution is 2.40. The first-order valence-corrected chi connectivity index (χ1v) is 9.25. The molecule has 7 heteroatoms. The highest BCUT2D eigenvalue weighted by Gasteiger charge is 2.43. The van der Waals surface area contributed by atoms with Gasteiger partial charge in [0.15, 0.2) is 12.4 Å². The number of esters is 1. The van der Waals surface area contributed by atoms with E-state index in [9.17, 15) is 14.7 Å². The third-order valence-corrected chi connectivity index (χ3v) is 5.20. The van der Waals surface area contributed by atoms with Gasteiger partial charge in [-0.15, -0.1) is 0 Å². The minimum atomic E-state index is -1.16. The number of rotatable bonds is 6. The molecular formula is C21H21ClO6. The van der Waals surface area contributed by atoms with E-state index in [2.05, 4.69) is 0 Å². The predicted molar refractivity (Wildman–Crippen MR) is 102 cm³/mol. The van der Waals surface area contributed by atoms with E-state index >= 15 is 0 Å². The van der Waals surface area contributed by atoms with Gasteiger partial charge in [-0.05, 0) is 11.6 Å². The zero-order valence-corrected chi connectivity index (χ0v) is 16.0. The number of halogens is 1. The molecule has 0 amide bonds. The van der Waals surface area contributed by atoms with Crippen molar-refractivity contribution in [2.75, 3.05) is 13.7 Å². The number of hydrogen-bond acceptors (Lipinski definition) is 5. The number of carbonyl (C=O) groups is 2. The molecule has 1 fully saturated rings. The number of carboxylic acids is 1. The fourth-order valence-corrected chi connectivity index (χ4v) is 3.66. The smallest absolute Gasteiger partial charge is 0.333 e. The quantitative estimate of drug-likeness (QED) is 0.737. The topological polar surface area (TPSA) is 82.1 Å². The molecule has 0 radical (unpaired) electrons. The molecule has 4 unspecified atom stereocenters. The van der Waals surface area contributed by atoms with Crippen molar-refractivity contribution in [3.05, 3.63) is 70.7 Å². The Hall–Kier alpha value is -2.41. The second-order valence-electron chi connectivity index (χ2n) is 6.54. The van der Waals surface area contributed by atoms with Gasteiger partial charge in [0.25, 0.3) is 0 Å². The molecule has 0 saturated carbocycles. The summed E-state index contributed by atoms with van der Waals surface area (Å²) >= 11 is 6.20. The molecule has 0 aromatic heterocycles. The van der Waals surface area contributed by atoms with Crippen molar-refractivity contribution in [3.8, 4) is 0 Å². The van der Waals surface area contributed by atoms with E-state index in [0.717, 1.165) is 5.56 Å². The zero-order chi connectivity index (χ0) is 20.1. The van der Waals surface area contributed by atoms with Crippen molar-refractivity contribution in [3.63, 3.8) is 0 Å². The van der Waals surface area contributed by atoms with Crippen LogP contribution in [0.5, 0.6) is 0 Å². The molecule has 0 spiro atoms. The Labute approximate surface area is 168 Å². The maximum absolute atomic E-state index is 12.0. The first-order valence-electron chi connectivity index (χ1n) is 8.87. The highest BCUT2D eigenvalue weighted by molar-refractivity contribution is 6.31.